The van der Waals surface area contributed by atoms with E-state index in [9.17, 15) is 9.50 Å². The minimum absolute atomic E-state index is 0.114. The van der Waals surface area contributed by atoms with E-state index >= 15 is 0 Å². The highest BCUT2D eigenvalue weighted by molar-refractivity contribution is 9.10. The average Bonchev–Trinajstić information content (AvgIpc) is 2.20. The number of benzene rings is 1. The van der Waals surface area contributed by atoms with Crippen LogP contribution in [0.25, 0.3) is 0 Å². The maximum atomic E-state index is 13.2. The topological polar surface area (TPSA) is 20.2 Å². The van der Waals surface area contributed by atoms with Crippen molar-refractivity contribution in [3.05, 3.63) is 45.7 Å². The molecule has 1 N–H and O–H groups in total. The molecule has 1 aromatic carbocycles. The van der Waals surface area contributed by atoms with E-state index in [1.165, 1.54) is 11.6 Å². The van der Waals surface area contributed by atoms with Crippen LogP contribution in [0.4, 0.5) is 4.39 Å². The van der Waals surface area contributed by atoms with Crippen LogP contribution in [-0.4, -0.2) is 11.2 Å². The van der Waals surface area contributed by atoms with E-state index in [0.717, 1.165) is 22.9 Å². The van der Waals surface area contributed by atoms with Gasteiger partial charge in [-0.2, -0.15) is 0 Å². The lowest BCUT2D eigenvalue weighted by Gasteiger charge is -2.32. The fraction of sp³-hybridized carbons (Fsp3) is 0.467. The zero-order valence-corrected chi connectivity index (χ0v) is 12.3. The van der Waals surface area contributed by atoms with Crippen molar-refractivity contribution in [1.82, 2.24) is 0 Å². The lowest BCUT2D eigenvalue weighted by molar-refractivity contribution is 0.138. The minimum atomic E-state index is -0.379. The molecule has 0 aliphatic heterocycles. The molecule has 0 bridgehead atoms. The summed E-state index contributed by atoms with van der Waals surface area (Å²) in [6.45, 7) is 4.31. The fourth-order valence-corrected chi connectivity index (χ4v) is 3.07. The van der Waals surface area contributed by atoms with Crippen LogP contribution in [-0.2, 0) is 6.42 Å². The van der Waals surface area contributed by atoms with Crippen molar-refractivity contribution in [3.63, 3.8) is 0 Å². The number of halogens is 2. The molecule has 0 saturated carbocycles. The molecule has 0 fully saturated rings. The summed E-state index contributed by atoms with van der Waals surface area (Å²) in [6, 6.07) is 4.73. The number of rotatable bonds is 2. The summed E-state index contributed by atoms with van der Waals surface area (Å²) in [4.78, 5) is 0. The van der Waals surface area contributed by atoms with Crippen LogP contribution in [0, 0.1) is 11.2 Å². The molecule has 0 amide bonds. The Morgan fingerprint density at radius 2 is 2.17 bits per heavy atom. The first-order chi connectivity index (χ1) is 8.35. The highest BCUT2D eigenvalue weighted by atomic mass is 79.9. The highest BCUT2D eigenvalue weighted by Gasteiger charge is 2.27. The summed E-state index contributed by atoms with van der Waals surface area (Å²) in [6.07, 6.45) is 3.98. The first-order valence-electron chi connectivity index (χ1n) is 6.17. The summed E-state index contributed by atoms with van der Waals surface area (Å²) in [5.74, 6) is -0.218. The largest absolute Gasteiger partial charge is 0.389 e. The second kappa shape index (κ2) is 5.14. The van der Waals surface area contributed by atoms with Gasteiger partial charge in [0.25, 0.3) is 0 Å². The van der Waals surface area contributed by atoms with Crippen LogP contribution in [0.15, 0.2) is 34.3 Å². The van der Waals surface area contributed by atoms with Crippen molar-refractivity contribution in [2.45, 2.75) is 39.2 Å². The van der Waals surface area contributed by atoms with E-state index in [1.807, 2.05) is 6.08 Å². The summed E-state index contributed by atoms with van der Waals surface area (Å²) >= 11 is 3.44. The number of hydrogen-bond donors (Lipinski definition) is 1. The smallest absolute Gasteiger partial charge is 0.123 e. The summed E-state index contributed by atoms with van der Waals surface area (Å²) in [7, 11) is 0. The van der Waals surface area contributed by atoms with E-state index in [2.05, 4.69) is 29.8 Å². The standard InChI is InChI=1S/C15H18BrFO/c1-15(2)8-10(6-13(18)9-15)5-11-7-12(17)3-4-14(11)16/h3-4,6-7,13,18H,5,8-9H2,1-2H3. The van der Waals surface area contributed by atoms with Gasteiger partial charge in [0.05, 0.1) is 6.10 Å². The molecule has 1 aromatic rings. The Kier molecular flexibility index (Phi) is 3.93. The van der Waals surface area contributed by atoms with E-state index in [0.29, 0.717) is 6.42 Å². The first kappa shape index (κ1) is 13.8. The van der Waals surface area contributed by atoms with E-state index in [-0.39, 0.29) is 17.3 Å². The van der Waals surface area contributed by atoms with Gasteiger partial charge in [-0.05, 0) is 48.4 Å². The molecule has 3 heteroatoms. The Labute approximate surface area is 116 Å². The van der Waals surface area contributed by atoms with Crippen LogP contribution in [0.5, 0.6) is 0 Å². The van der Waals surface area contributed by atoms with Crippen molar-refractivity contribution in [2.75, 3.05) is 0 Å². The van der Waals surface area contributed by atoms with Gasteiger partial charge in [0, 0.05) is 4.47 Å². The quantitative estimate of drug-likeness (QED) is 0.810. The van der Waals surface area contributed by atoms with E-state index in [4.69, 9.17) is 0 Å². The molecule has 1 atom stereocenters. The van der Waals surface area contributed by atoms with Crippen molar-refractivity contribution >= 4 is 15.9 Å². The third-order valence-electron chi connectivity index (χ3n) is 3.32. The Morgan fingerprint density at radius 3 is 2.83 bits per heavy atom. The SMILES string of the molecule is CC1(C)CC(Cc2cc(F)ccc2Br)=CC(O)C1. The number of aliphatic hydroxyl groups excluding tert-OH is 1. The Morgan fingerprint density at radius 1 is 1.44 bits per heavy atom. The second-order valence-electron chi connectivity index (χ2n) is 5.85. The Hall–Kier alpha value is -0.670. The van der Waals surface area contributed by atoms with Gasteiger partial charge in [0.1, 0.15) is 5.82 Å². The lowest BCUT2D eigenvalue weighted by Crippen LogP contribution is -2.25. The van der Waals surface area contributed by atoms with Crippen LogP contribution in [0.1, 0.15) is 32.3 Å². The normalized spacial score (nSPS) is 22.7. The van der Waals surface area contributed by atoms with Crippen molar-refractivity contribution in [2.24, 2.45) is 5.41 Å². The third-order valence-corrected chi connectivity index (χ3v) is 4.09. The van der Waals surface area contributed by atoms with Crippen molar-refractivity contribution in [1.29, 1.82) is 0 Å². The second-order valence-corrected chi connectivity index (χ2v) is 6.70. The van der Waals surface area contributed by atoms with Gasteiger partial charge in [-0.25, -0.2) is 4.39 Å². The predicted octanol–water partition coefficient (Wildman–Crippen LogP) is 4.24. The molecule has 0 spiro atoms. The molecular formula is C15H18BrFO. The monoisotopic (exact) mass is 312 g/mol. The van der Waals surface area contributed by atoms with Crippen LogP contribution in [0.3, 0.4) is 0 Å². The summed E-state index contributed by atoms with van der Waals surface area (Å²) in [5.41, 5.74) is 2.24. The molecule has 0 radical (unpaired) electrons. The number of aliphatic hydroxyl groups is 1. The molecule has 1 aliphatic rings. The van der Waals surface area contributed by atoms with Crippen LogP contribution >= 0.6 is 15.9 Å². The summed E-state index contributed by atoms with van der Waals surface area (Å²) < 4.78 is 14.2. The van der Waals surface area contributed by atoms with Crippen LogP contribution < -0.4 is 0 Å². The van der Waals surface area contributed by atoms with Gasteiger partial charge in [-0.15, -0.1) is 0 Å². The molecule has 1 unspecified atom stereocenters. The Bertz CT molecular complexity index is 479. The van der Waals surface area contributed by atoms with Gasteiger partial charge in [-0.3, -0.25) is 0 Å². The zero-order chi connectivity index (χ0) is 13.3. The third kappa shape index (κ3) is 3.42. The minimum Gasteiger partial charge on any atom is -0.389 e. The molecule has 0 saturated heterocycles. The Balaban J connectivity index is 2.21. The lowest BCUT2D eigenvalue weighted by atomic mass is 9.75. The molecule has 1 aliphatic carbocycles. The maximum Gasteiger partial charge on any atom is 0.123 e. The van der Waals surface area contributed by atoms with Gasteiger partial charge < -0.3 is 5.11 Å². The van der Waals surface area contributed by atoms with Crippen LogP contribution in [0.2, 0.25) is 0 Å². The van der Waals surface area contributed by atoms with E-state index in [1.54, 1.807) is 12.1 Å². The number of allylic oxidation sites excluding steroid dienone is 1. The molecule has 0 heterocycles. The number of hydrogen-bond acceptors (Lipinski definition) is 1. The van der Waals surface area contributed by atoms with Crippen molar-refractivity contribution < 1.29 is 9.50 Å². The average molecular weight is 313 g/mol. The summed E-state index contributed by atoms with van der Waals surface area (Å²) in [5, 5.41) is 9.85. The first-order valence-corrected chi connectivity index (χ1v) is 6.97. The fourth-order valence-electron chi connectivity index (χ4n) is 2.69. The molecule has 98 valence electrons. The van der Waals surface area contributed by atoms with Gasteiger partial charge >= 0.3 is 0 Å². The van der Waals surface area contributed by atoms with Gasteiger partial charge in [0.15, 0.2) is 0 Å². The van der Waals surface area contributed by atoms with Crippen molar-refractivity contribution in [3.8, 4) is 0 Å². The zero-order valence-electron chi connectivity index (χ0n) is 10.7. The maximum absolute atomic E-state index is 13.2. The van der Waals surface area contributed by atoms with Gasteiger partial charge in [-0.1, -0.05) is 41.4 Å². The van der Waals surface area contributed by atoms with Gasteiger partial charge in [0.2, 0.25) is 0 Å². The molecular weight excluding hydrogens is 295 g/mol. The predicted molar refractivity (Wildman–Crippen MR) is 74.9 cm³/mol. The molecule has 18 heavy (non-hydrogen) atoms. The molecule has 1 nitrogen and oxygen atoms in total. The molecule has 0 aromatic heterocycles. The molecule has 2 rings (SSSR count). The highest BCUT2D eigenvalue weighted by Crippen LogP contribution is 2.37. The van der Waals surface area contributed by atoms with E-state index < -0.39 is 0 Å².